The predicted octanol–water partition coefficient (Wildman–Crippen LogP) is 2.92. The van der Waals surface area contributed by atoms with Crippen LogP contribution in [-0.2, 0) is 0 Å². The van der Waals surface area contributed by atoms with Crippen LogP contribution < -0.4 is 9.47 Å². The van der Waals surface area contributed by atoms with Gasteiger partial charge in [-0.25, -0.2) is 0 Å². The molecular weight excluding hydrogens is 247 g/mol. The van der Waals surface area contributed by atoms with Gasteiger partial charge in [-0.15, -0.1) is 0 Å². The highest BCUT2D eigenvalue weighted by molar-refractivity contribution is 5.33. The van der Waals surface area contributed by atoms with Gasteiger partial charge in [0.2, 0.25) is 0 Å². The fourth-order valence-electron chi connectivity index (χ4n) is 1.87. The summed E-state index contributed by atoms with van der Waals surface area (Å²) < 4.78 is 42.9. The lowest BCUT2D eigenvalue weighted by atomic mass is 9.80. The third-order valence-corrected chi connectivity index (χ3v) is 3.23. The molecule has 1 aliphatic rings. The Morgan fingerprint density at radius 3 is 2.61 bits per heavy atom. The molecule has 1 aromatic heterocycles. The number of halogens is 3. The molecule has 0 unspecified atom stereocenters. The summed E-state index contributed by atoms with van der Waals surface area (Å²) in [6, 6.07) is 1.31. The average Bonchev–Trinajstić information content (AvgIpc) is 2.17. The van der Waals surface area contributed by atoms with Crippen LogP contribution >= 0.6 is 0 Å². The first-order valence-electron chi connectivity index (χ1n) is 5.84. The van der Waals surface area contributed by atoms with Crippen LogP contribution in [0.5, 0.6) is 5.75 Å². The monoisotopic (exact) mass is 261 g/mol. The molecule has 1 saturated carbocycles. The van der Waals surface area contributed by atoms with Crippen molar-refractivity contribution in [3.8, 4) is 5.75 Å². The Balaban J connectivity index is 2.21. The molecule has 100 valence electrons. The second kappa shape index (κ2) is 4.66. The van der Waals surface area contributed by atoms with E-state index in [-0.39, 0.29) is 11.7 Å². The highest BCUT2D eigenvalue weighted by Crippen LogP contribution is 2.40. The van der Waals surface area contributed by atoms with Gasteiger partial charge in [0, 0.05) is 6.07 Å². The number of alkyl halides is 3. The van der Waals surface area contributed by atoms with E-state index in [2.05, 4.69) is 0 Å². The van der Waals surface area contributed by atoms with Crippen molar-refractivity contribution in [2.75, 3.05) is 0 Å². The molecular formula is C12H14F3NO2. The summed E-state index contributed by atoms with van der Waals surface area (Å²) in [6.07, 6.45) is -1.00. The first-order chi connectivity index (χ1) is 8.38. The minimum absolute atomic E-state index is 0.141. The summed E-state index contributed by atoms with van der Waals surface area (Å²) in [5.74, 6) is 0.304. The van der Waals surface area contributed by atoms with Crippen LogP contribution in [0.2, 0.25) is 0 Å². The Labute approximate surface area is 103 Å². The van der Waals surface area contributed by atoms with E-state index in [1.807, 2.05) is 0 Å². The van der Waals surface area contributed by atoms with Gasteiger partial charge in [0.1, 0.15) is 5.75 Å². The summed E-state index contributed by atoms with van der Waals surface area (Å²) in [5.41, 5.74) is 0.579. The SMILES string of the molecule is C[C@H](Oc1cc[n+]([O-])cc1C1CCC1)C(F)(F)F. The largest absolute Gasteiger partial charge is 0.619 e. The van der Waals surface area contributed by atoms with Crippen molar-refractivity contribution < 1.29 is 22.6 Å². The maximum absolute atomic E-state index is 12.5. The highest BCUT2D eigenvalue weighted by atomic mass is 19.4. The van der Waals surface area contributed by atoms with Gasteiger partial charge in [-0.3, -0.25) is 0 Å². The number of aromatic nitrogens is 1. The lowest BCUT2D eigenvalue weighted by Gasteiger charge is -2.27. The summed E-state index contributed by atoms with van der Waals surface area (Å²) in [5, 5.41) is 11.2. The number of pyridine rings is 1. The van der Waals surface area contributed by atoms with Crippen molar-refractivity contribution in [3.63, 3.8) is 0 Å². The second-order valence-corrected chi connectivity index (χ2v) is 4.55. The normalized spacial score (nSPS) is 18.2. The van der Waals surface area contributed by atoms with Gasteiger partial charge in [0.25, 0.3) is 0 Å². The number of hydrogen-bond donors (Lipinski definition) is 0. The standard InChI is InChI=1S/C12H14F3NO2/c1-8(12(13,14)15)18-11-5-6-16(17)7-10(11)9-3-2-4-9/h5-9H,2-4H2,1H3/t8-/m0/s1. The van der Waals surface area contributed by atoms with E-state index < -0.39 is 12.3 Å². The van der Waals surface area contributed by atoms with E-state index in [9.17, 15) is 18.4 Å². The number of rotatable bonds is 3. The molecule has 0 bridgehead atoms. The fourth-order valence-corrected chi connectivity index (χ4v) is 1.87. The highest BCUT2D eigenvalue weighted by Gasteiger charge is 2.39. The third kappa shape index (κ3) is 2.68. The van der Waals surface area contributed by atoms with Crippen LogP contribution in [0.15, 0.2) is 18.5 Å². The Morgan fingerprint density at radius 1 is 1.44 bits per heavy atom. The maximum Gasteiger partial charge on any atom is 0.425 e. The molecule has 0 N–H and O–H groups in total. The third-order valence-electron chi connectivity index (χ3n) is 3.23. The Bertz CT molecular complexity index is 430. The summed E-state index contributed by atoms with van der Waals surface area (Å²) in [6.45, 7) is 0.961. The molecule has 3 nitrogen and oxygen atoms in total. The first kappa shape index (κ1) is 13.0. The van der Waals surface area contributed by atoms with Crippen molar-refractivity contribution in [2.24, 2.45) is 0 Å². The minimum Gasteiger partial charge on any atom is -0.619 e. The van der Waals surface area contributed by atoms with Crippen LogP contribution in [0, 0.1) is 5.21 Å². The van der Waals surface area contributed by atoms with E-state index in [1.165, 1.54) is 12.3 Å². The minimum atomic E-state index is -4.40. The van der Waals surface area contributed by atoms with Gasteiger partial charge >= 0.3 is 6.18 Å². The molecule has 18 heavy (non-hydrogen) atoms. The molecule has 6 heteroatoms. The zero-order valence-corrected chi connectivity index (χ0v) is 9.91. The molecule has 0 aromatic carbocycles. The van der Waals surface area contributed by atoms with Gasteiger partial charge in [-0.2, -0.15) is 17.9 Å². The van der Waals surface area contributed by atoms with Gasteiger partial charge in [-0.05, 0) is 25.7 Å². The molecule has 0 spiro atoms. The molecule has 0 aliphatic heterocycles. The van der Waals surface area contributed by atoms with Crippen LogP contribution in [0.4, 0.5) is 13.2 Å². The molecule has 1 aromatic rings. The molecule has 0 radical (unpaired) electrons. The summed E-state index contributed by atoms with van der Waals surface area (Å²) >= 11 is 0. The number of ether oxygens (including phenoxy) is 1. The van der Waals surface area contributed by atoms with Crippen LogP contribution in [-0.4, -0.2) is 12.3 Å². The second-order valence-electron chi connectivity index (χ2n) is 4.55. The quantitative estimate of drug-likeness (QED) is 0.619. The van der Waals surface area contributed by atoms with Crippen LogP contribution in [0.3, 0.4) is 0 Å². The maximum atomic E-state index is 12.5. The molecule has 2 rings (SSSR count). The van der Waals surface area contributed by atoms with Crippen molar-refractivity contribution in [1.29, 1.82) is 0 Å². The van der Waals surface area contributed by atoms with Crippen molar-refractivity contribution in [2.45, 2.75) is 44.4 Å². The van der Waals surface area contributed by atoms with Crippen LogP contribution in [0.25, 0.3) is 0 Å². The van der Waals surface area contributed by atoms with E-state index in [0.29, 0.717) is 10.3 Å². The number of nitrogens with zero attached hydrogens (tertiary/aromatic N) is 1. The van der Waals surface area contributed by atoms with Gasteiger partial charge in [0.05, 0.1) is 5.56 Å². The number of hydrogen-bond acceptors (Lipinski definition) is 2. The van der Waals surface area contributed by atoms with E-state index in [0.717, 1.165) is 32.4 Å². The van der Waals surface area contributed by atoms with Gasteiger partial charge in [-0.1, -0.05) is 6.42 Å². The lowest BCUT2D eigenvalue weighted by molar-refractivity contribution is -0.606. The van der Waals surface area contributed by atoms with Crippen molar-refractivity contribution >= 4 is 0 Å². The molecule has 0 saturated heterocycles. The lowest BCUT2D eigenvalue weighted by Crippen LogP contribution is -2.33. The molecule has 1 fully saturated rings. The fraction of sp³-hybridized carbons (Fsp3) is 0.583. The topological polar surface area (TPSA) is 36.2 Å². The van der Waals surface area contributed by atoms with E-state index in [1.54, 1.807) is 0 Å². The Morgan fingerprint density at radius 2 is 2.11 bits per heavy atom. The van der Waals surface area contributed by atoms with Gasteiger partial charge < -0.3 is 9.94 Å². The summed E-state index contributed by atoms with van der Waals surface area (Å²) in [7, 11) is 0. The van der Waals surface area contributed by atoms with Gasteiger partial charge in [0.15, 0.2) is 18.5 Å². The van der Waals surface area contributed by atoms with Crippen molar-refractivity contribution in [3.05, 3.63) is 29.2 Å². The Hall–Kier alpha value is -1.46. The van der Waals surface area contributed by atoms with Crippen molar-refractivity contribution in [1.82, 2.24) is 0 Å². The zero-order chi connectivity index (χ0) is 13.3. The molecule has 1 atom stereocenters. The Kier molecular flexibility index (Phi) is 3.36. The van der Waals surface area contributed by atoms with E-state index in [4.69, 9.17) is 4.74 Å². The average molecular weight is 261 g/mol. The molecule has 0 amide bonds. The smallest absolute Gasteiger partial charge is 0.425 e. The van der Waals surface area contributed by atoms with E-state index >= 15 is 0 Å². The predicted molar refractivity (Wildman–Crippen MR) is 58.1 cm³/mol. The van der Waals surface area contributed by atoms with Crippen LogP contribution in [0.1, 0.15) is 37.7 Å². The summed E-state index contributed by atoms with van der Waals surface area (Å²) in [4.78, 5) is 0. The zero-order valence-electron chi connectivity index (χ0n) is 9.91. The molecule has 1 heterocycles. The molecule has 1 aliphatic carbocycles. The first-order valence-corrected chi connectivity index (χ1v) is 5.84.